The molecule has 0 radical (unpaired) electrons. The second-order valence-electron chi connectivity index (χ2n) is 3.49. The molecule has 0 aromatic rings. The van der Waals surface area contributed by atoms with Crippen LogP contribution in [-0.4, -0.2) is 25.2 Å². The van der Waals surface area contributed by atoms with Crippen LogP contribution in [0.25, 0.3) is 0 Å². The highest BCUT2D eigenvalue weighted by molar-refractivity contribution is 5.71. The molecule has 1 saturated heterocycles. The Hall–Kier alpha value is -0.770. The zero-order chi connectivity index (χ0) is 8.97. The van der Waals surface area contributed by atoms with E-state index in [4.69, 9.17) is 5.73 Å². The highest BCUT2D eigenvalue weighted by atomic mass is 16.2. The average molecular weight is 171 g/mol. The van der Waals surface area contributed by atoms with Gasteiger partial charge in [0.1, 0.15) is 0 Å². The molecule has 4 N–H and O–H groups in total. The Balaban J connectivity index is 2.18. The SMILES string of the molecule is CC1CC(CNC(N)=O)CCN1. The summed E-state index contributed by atoms with van der Waals surface area (Å²) in [7, 11) is 0. The van der Waals surface area contributed by atoms with Gasteiger partial charge in [0.2, 0.25) is 0 Å². The van der Waals surface area contributed by atoms with Gasteiger partial charge < -0.3 is 16.4 Å². The van der Waals surface area contributed by atoms with Gasteiger partial charge in [-0.2, -0.15) is 0 Å². The molecule has 0 aliphatic carbocycles. The lowest BCUT2D eigenvalue weighted by atomic mass is 9.93. The number of carbonyl (C=O) groups is 1. The first-order valence-electron chi connectivity index (χ1n) is 4.45. The van der Waals surface area contributed by atoms with Crippen molar-refractivity contribution in [2.75, 3.05) is 13.1 Å². The molecular formula is C8H17N3O. The van der Waals surface area contributed by atoms with Gasteiger partial charge in [-0.3, -0.25) is 0 Å². The monoisotopic (exact) mass is 171 g/mol. The van der Waals surface area contributed by atoms with Crippen molar-refractivity contribution in [3.8, 4) is 0 Å². The van der Waals surface area contributed by atoms with Crippen molar-refractivity contribution in [2.45, 2.75) is 25.8 Å². The van der Waals surface area contributed by atoms with Crippen LogP contribution in [0.5, 0.6) is 0 Å². The minimum absolute atomic E-state index is 0.416. The molecule has 0 aromatic carbocycles. The van der Waals surface area contributed by atoms with E-state index in [0.717, 1.165) is 25.9 Å². The summed E-state index contributed by atoms with van der Waals surface area (Å²) in [5.41, 5.74) is 4.98. The maximum atomic E-state index is 10.4. The molecule has 0 saturated carbocycles. The fourth-order valence-corrected chi connectivity index (χ4v) is 1.67. The molecule has 2 unspecified atom stereocenters. The topological polar surface area (TPSA) is 67.1 Å². The van der Waals surface area contributed by atoms with Gasteiger partial charge >= 0.3 is 6.03 Å². The standard InChI is InChI=1S/C8H17N3O/c1-6-4-7(2-3-10-6)5-11-8(9)12/h6-7,10H,2-5H2,1H3,(H3,9,11,12). The van der Waals surface area contributed by atoms with Crippen LogP contribution in [0.1, 0.15) is 19.8 Å². The van der Waals surface area contributed by atoms with Gasteiger partial charge in [0.25, 0.3) is 0 Å². The van der Waals surface area contributed by atoms with Crippen LogP contribution in [-0.2, 0) is 0 Å². The van der Waals surface area contributed by atoms with Crippen LogP contribution in [0.4, 0.5) is 4.79 Å². The molecule has 0 spiro atoms. The quantitative estimate of drug-likeness (QED) is 0.549. The molecule has 1 aliphatic heterocycles. The molecule has 1 aliphatic rings. The number of nitrogens with two attached hydrogens (primary N) is 1. The summed E-state index contributed by atoms with van der Waals surface area (Å²) in [5, 5.41) is 6.00. The fourth-order valence-electron chi connectivity index (χ4n) is 1.67. The number of amides is 2. The Kier molecular flexibility index (Phi) is 3.34. The zero-order valence-corrected chi connectivity index (χ0v) is 7.47. The summed E-state index contributed by atoms with van der Waals surface area (Å²) in [6, 6.07) is 0.152. The van der Waals surface area contributed by atoms with E-state index in [1.54, 1.807) is 0 Å². The van der Waals surface area contributed by atoms with E-state index in [9.17, 15) is 4.79 Å². The fraction of sp³-hybridized carbons (Fsp3) is 0.875. The Morgan fingerprint density at radius 3 is 3.08 bits per heavy atom. The first-order valence-corrected chi connectivity index (χ1v) is 4.45. The van der Waals surface area contributed by atoms with Gasteiger partial charge in [-0.25, -0.2) is 4.79 Å². The lowest BCUT2D eigenvalue weighted by Crippen LogP contribution is -2.41. The number of hydrogen-bond acceptors (Lipinski definition) is 2. The summed E-state index contributed by atoms with van der Waals surface area (Å²) < 4.78 is 0. The Bertz CT molecular complexity index is 160. The third-order valence-corrected chi connectivity index (χ3v) is 2.30. The Labute approximate surface area is 72.9 Å². The minimum atomic E-state index is -0.416. The molecule has 2 amide bonds. The van der Waals surface area contributed by atoms with Crippen molar-refractivity contribution in [3.05, 3.63) is 0 Å². The number of nitrogens with one attached hydrogen (secondary N) is 2. The number of hydrogen-bond donors (Lipinski definition) is 3. The summed E-state index contributed by atoms with van der Waals surface area (Å²) in [5.74, 6) is 0.591. The second kappa shape index (κ2) is 4.30. The first kappa shape index (κ1) is 9.32. The van der Waals surface area contributed by atoms with Crippen molar-refractivity contribution >= 4 is 6.03 Å². The van der Waals surface area contributed by atoms with Gasteiger partial charge in [-0.15, -0.1) is 0 Å². The van der Waals surface area contributed by atoms with Crippen LogP contribution in [0.2, 0.25) is 0 Å². The molecule has 2 atom stereocenters. The number of carbonyl (C=O) groups excluding carboxylic acids is 1. The molecule has 70 valence electrons. The second-order valence-corrected chi connectivity index (χ2v) is 3.49. The summed E-state index contributed by atoms with van der Waals surface area (Å²) in [6.07, 6.45) is 2.25. The van der Waals surface area contributed by atoms with Crippen molar-refractivity contribution < 1.29 is 4.79 Å². The van der Waals surface area contributed by atoms with E-state index >= 15 is 0 Å². The molecule has 0 aromatic heterocycles. The van der Waals surface area contributed by atoms with Crippen LogP contribution in [0.3, 0.4) is 0 Å². The summed E-state index contributed by atoms with van der Waals surface area (Å²) in [6.45, 7) is 3.93. The van der Waals surface area contributed by atoms with Crippen LogP contribution < -0.4 is 16.4 Å². The third-order valence-electron chi connectivity index (χ3n) is 2.30. The molecule has 12 heavy (non-hydrogen) atoms. The van der Waals surface area contributed by atoms with E-state index < -0.39 is 6.03 Å². The van der Waals surface area contributed by atoms with E-state index in [-0.39, 0.29) is 0 Å². The molecule has 0 bridgehead atoms. The summed E-state index contributed by atoms with van der Waals surface area (Å²) >= 11 is 0. The average Bonchev–Trinajstić information content (AvgIpc) is 2.01. The summed E-state index contributed by atoms with van der Waals surface area (Å²) in [4.78, 5) is 10.4. The molecule has 4 heteroatoms. The normalized spacial score (nSPS) is 29.8. The van der Waals surface area contributed by atoms with E-state index in [2.05, 4.69) is 17.6 Å². The van der Waals surface area contributed by atoms with Gasteiger partial charge in [0.05, 0.1) is 0 Å². The minimum Gasteiger partial charge on any atom is -0.352 e. The van der Waals surface area contributed by atoms with Crippen molar-refractivity contribution in [1.29, 1.82) is 0 Å². The van der Waals surface area contributed by atoms with Crippen LogP contribution in [0.15, 0.2) is 0 Å². The van der Waals surface area contributed by atoms with Crippen LogP contribution >= 0.6 is 0 Å². The maximum Gasteiger partial charge on any atom is 0.312 e. The van der Waals surface area contributed by atoms with Crippen molar-refractivity contribution in [2.24, 2.45) is 11.7 Å². The molecule has 1 rings (SSSR count). The number of rotatable bonds is 2. The molecule has 1 fully saturated rings. The highest BCUT2D eigenvalue weighted by Gasteiger charge is 2.17. The lowest BCUT2D eigenvalue weighted by molar-refractivity contribution is 0.242. The first-order chi connectivity index (χ1) is 5.68. The van der Waals surface area contributed by atoms with E-state index in [1.807, 2.05) is 0 Å². The Morgan fingerprint density at radius 2 is 2.50 bits per heavy atom. The smallest absolute Gasteiger partial charge is 0.312 e. The predicted octanol–water partition coefficient (Wildman–Crippen LogP) is 0.0428. The van der Waals surface area contributed by atoms with Gasteiger partial charge in [-0.05, 0) is 32.2 Å². The van der Waals surface area contributed by atoms with Crippen LogP contribution in [0, 0.1) is 5.92 Å². The van der Waals surface area contributed by atoms with Gasteiger partial charge in [0.15, 0.2) is 0 Å². The van der Waals surface area contributed by atoms with E-state index in [1.165, 1.54) is 0 Å². The van der Waals surface area contributed by atoms with Gasteiger partial charge in [-0.1, -0.05) is 0 Å². The zero-order valence-electron chi connectivity index (χ0n) is 7.47. The third kappa shape index (κ3) is 3.09. The number of urea groups is 1. The van der Waals surface area contributed by atoms with Gasteiger partial charge in [0, 0.05) is 12.6 Å². The molecule has 4 nitrogen and oxygen atoms in total. The van der Waals surface area contributed by atoms with E-state index in [0.29, 0.717) is 12.0 Å². The lowest BCUT2D eigenvalue weighted by Gasteiger charge is -2.27. The Morgan fingerprint density at radius 1 is 1.75 bits per heavy atom. The largest absolute Gasteiger partial charge is 0.352 e. The number of primary amides is 1. The maximum absolute atomic E-state index is 10.4. The predicted molar refractivity (Wildman–Crippen MR) is 47.8 cm³/mol. The molecule has 1 heterocycles. The van der Waals surface area contributed by atoms with Crippen molar-refractivity contribution in [3.63, 3.8) is 0 Å². The number of piperidine rings is 1. The molecular weight excluding hydrogens is 154 g/mol. The highest BCUT2D eigenvalue weighted by Crippen LogP contribution is 2.14. The van der Waals surface area contributed by atoms with Crippen molar-refractivity contribution in [1.82, 2.24) is 10.6 Å².